The number of hydrogen-bond donors (Lipinski definition) is 0. The third kappa shape index (κ3) is 4.00. The molecule has 3 heteroatoms. The number of fused-ring (bicyclic) bond motifs is 4. The minimum absolute atomic E-state index is 0.862. The summed E-state index contributed by atoms with van der Waals surface area (Å²) in [6.45, 7) is 0. The molecule has 2 heterocycles. The van der Waals surface area contributed by atoms with Crippen LogP contribution in [0.15, 0.2) is 162 Å². The summed E-state index contributed by atoms with van der Waals surface area (Å²) in [5, 5.41) is 7.11. The Balaban J connectivity index is 1.29. The van der Waals surface area contributed by atoms with E-state index < -0.39 is 0 Å². The lowest BCUT2D eigenvalue weighted by Gasteiger charge is -2.15. The quantitative estimate of drug-likeness (QED) is 0.189. The summed E-state index contributed by atoms with van der Waals surface area (Å²) in [5.41, 5.74) is 12.0. The maximum Gasteiger partial charge on any atom is 0.136 e. The predicted molar refractivity (Wildman–Crippen MR) is 195 cm³/mol. The number of aromatic nitrogens is 2. The van der Waals surface area contributed by atoms with Gasteiger partial charge in [-0.05, 0) is 74.8 Å². The second-order valence-electron chi connectivity index (χ2n) is 12.1. The molecular formula is C44H26N2O. The minimum atomic E-state index is 0.862. The third-order valence-corrected chi connectivity index (χ3v) is 9.41. The van der Waals surface area contributed by atoms with Crippen LogP contribution in [-0.2, 0) is 0 Å². The molecule has 0 bridgehead atoms. The van der Waals surface area contributed by atoms with E-state index in [1.54, 1.807) is 0 Å². The normalized spacial score (nSPS) is 11.8. The highest BCUT2D eigenvalue weighted by Crippen LogP contribution is 2.47. The lowest BCUT2D eigenvalue weighted by molar-refractivity contribution is 0.669. The Bertz CT molecular complexity index is 2780. The average molecular weight is 599 g/mol. The van der Waals surface area contributed by atoms with Gasteiger partial charge in [0.2, 0.25) is 0 Å². The molecule has 0 radical (unpaired) electrons. The van der Waals surface area contributed by atoms with Crippen LogP contribution in [-0.4, -0.2) is 9.97 Å². The van der Waals surface area contributed by atoms with Crippen molar-refractivity contribution in [1.82, 2.24) is 9.97 Å². The molecule has 0 amide bonds. The van der Waals surface area contributed by atoms with Crippen molar-refractivity contribution in [3.63, 3.8) is 0 Å². The van der Waals surface area contributed by atoms with Gasteiger partial charge in [0.1, 0.15) is 11.2 Å². The predicted octanol–water partition coefficient (Wildman–Crippen LogP) is 11.9. The zero-order valence-electron chi connectivity index (χ0n) is 25.3. The van der Waals surface area contributed by atoms with E-state index >= 15 is 0 Å². The molecule has 218 valence electrons. The summed E-state index contributed by atoms with van der Waals surface area (Å²) in [4.78, 5) is 10.5. The Morgan fingerprint density at radius 2 is 0.957 bits per heavy atom. The van der Waals surface area contributed by atoms with Crippen molar-refractivity contribution in [2.75, 3.05) is 0 Å². The molecule has 0 N–H and O–H groups in total. The van der Waals surface area contributed by atoms with E-state index in [9.17, 15) is 0 Å². The second kappa shape index (κ2) is 10.1. The first-order valence-electron chi connectivity index (χ1n) is 15.9. The summed E-state index contributed by atoms with van der Waals surface area (Å²) in [5.74, 6) is 0. The van der Waals surface area contributed by atoms with Crippen LogP contribution >= 0.6 is 0 Å². The Kier molecular flexibility index (Phi) is 5.57. The number of para-hydroxylation sites is 2. The van der Waals surface area contributed by atoms with Crippen LogP contribution in [0.25, 0.3) is 99.3 Å². The van der Waals surface area contributed by atoms with E-state index in [4.69, 9.17) is 14.4 Å². The molecule has 0 saturated carbocycles. The fraction of sp³-hybridized carbons (Fsp3) is 0. The summed E-state index contributed by atoms with van der Waals surface area (Å²) in [7, 11) is 0. The standard InChI is InChI=1S/C44H26N2O/c1-3-11-27(12-4-1)29-15-9-16-30(25-29)43-44(46-37-19-8-7-18-36(37)45-43)31-21-22-33-34-17-10-20-38-41(34)42-39(47-38)24-23-32(40(42)35(33)26-31)28-13-5-2-6-14-28/h1-26H. The SMILES string of the molecule is c1ccc(-c2cccc(-c3nc4ccccc4nc3-c3ccc4c(c3)c3c(-c5ccccc5)ccc5oc6cccc4c6c53)c2)cc1. The lowest BCUT2D eigenvalue weighted by atomic mass is 9.88. The maximum absolute atomic E-state index is 6.44. The van der Waals surface area contributed by atoms with Crippen LogP contribution in [0, 0.1) is 0 Å². The summed E-state index contributed by atoms with van der Waals surface area (Å²) >= 11 is 0. The fourth-order valence-corrected chi connectivity index (χ4v) is 7.28. The summed E-state index contributed by atoms with van der Waals surface area (Å²) in [6.07, 6.45) is 0. The highest BCUT2D eigenvalue weighted by molar-refractivity contribution is 6.35. The average Bonchev–Trinajstić information content (AvgIpc) is 3.54. The van der Waals surface area contributed by atoms with Crippen LogP contribution in [0.3, 0.4) is 0 Å². The topological polar surface area (TPSA) is 38.9 Å². The van der Waals surface area contributed by atoms with Crippen molar-refractivity contribution in [2.45, 2.75) is 0 Å². The van der Waals surface area contributed by atoms with Gasteiger partial charge in [0, 0.05) is 27.3 Å². The summed E-state index contributed by atoms with van der Waals surface area (Å²) in [6, 6.07) is 55.4. The van der Waals surface area contributed by atoms with Crippen LogP contribution in [0.2, 0.25) is 0 Å². The number of rotatable bonds is 4. The molecule has 0 unspecified atom stereocenters. The van der Waals surface area contributed by atoms with E-state index in [0.717, 1.165) is 50.3 Å². The van der Waals surface area contributed by atoms with Crippen molar-refractivity contribution >= 4 is 54.5 Å². The van der Waals surface area contributed by atoms with Gasteiger partial charge in [0.05, 0.1) is 22.4 Å². The molecule has 10 aromatic rings. The van der Waals surface area contributed by atoms with Crippen molar-refractivity contribution in [1.29, 1.82) is 0 Å². The molecule has 0 fully saturated rings. The molecule has 47 heavy (non-hydrogen) atoms. The Morgan fingerprint density at radius 1 is 0.340 bits per heavy atom. The van der Waals surface area contributed by atoms with E-state index in [1.807, 2.05) is 30.3 Å². The molecule has 0 aliphatic carbocycles. The van der Waals surface area contributed by atoms with Gasteiger partial charge in [0.25, 0.3) is 0 Å². The van der Waals surface area contributed by atoms with E-state index in [2.05, 4.69) is 127 Å². The smallest absolute Gasteiger partial charge is 0.136 e. The maximum atomic E-state index is 6.44. The first-order valence-corrected chi connectivity index (χ1v) is 15.9. The first kappa shape index (κ1) is 26.0. The molecule has 0 aliphatic rings. The highest BCUT2D eigenvalue weighted by Gasteiger charge is 2.22. The van der Waals surface area contributed by atoms with Gasteiger partial charge in [-0.3, -0.25) is 0 Å². The highest BCUT2D eigenvalue weighted by atomic mass is 16.3. The fourth-order valence-electron chi connectivity index (χ4n) is 7.28. The molecule has 0 atom stereocenters. The van der Waals surface area contributed by atoms with Crippen LogP contribution < -0.4 is 0 Å². The van der Waals surface area contributed by atoms with E-state index in [0.29, 0.717) is 0 Å². The van der Waals surface area contributed by atoms with Gasteiger partial charge >= 0.3 is 0 Å². The number of furan rings is 1. The van der Waals surface area contributed by atoms with Gasteiger partial charge in [-0.2, -0.15) is 0 Å². The molecular weight excluding hydrogens is 572 g/mol. The van der Waals surface area contributed by atoms with Crippen molar-refractivity contribution < 1.29 is 4.42 Å². The Hall–Kier alpha value is -6.32. The van der Waals surface area contributed by atoms with Gasteiger partial charge in [0.15, 0.2) is 0 Å². The molecule has 8 aromatic carbocycles. The van der Waals surface area contributed by atoms with E-state index in [1.165, 1.54) is 49.0 Å². The molecule has 0 saturated heterocycles. The number of hydrogen-bond acceptors (Lipinski definition) is 3. The van der Waals surface area contributed by atoms with Crippen LogP contribution in [0.4, 0.5) is 0 Å². The first-order chi connectivity index (χ1) is 23.3. The van der Waals surface area contributed by atoms with Gasteiger partial charge in [-0.1, -0.05) is 121 Å². The third-order valence-electron chi connectivity index (χ3n) is 9.41. The molecule has 0 aliphatic heterocycles. The second-order valence-corrected chi connectivity index (χ2v) is 12.1. The van der Waals surface area contributed by atoms with Gasteiger partial charge in [-0.15, -0.1) is 0 Å². The van der Waals surface area contributed by atoms with E-state index in [-0.39, 0.29) is 0 Å². The van der Waals surface area contributed by atoms with Crippen LogP contribution in [0.1, 0.15) is 0 Å². The monoisotopic (exact) mass is 598 g/mol. The Morgan fingerprint density at radius 3 is 1.72 bits per heavy atom. The zero-order valence-corrected chi connectivity index (χ0v) is 25.3. The van der Waals surface area contributed by atoms with Gasteiger partial charge < -0.3 is 4.42 Å². The Labute approximate surface area is 270 Å². The minimum Gasteiger partial charge on any atom is -0.456 e. The van der Waals surface area contributed by atoms with Crippen molar-refractivity contribution in [2.24, 2.45) is 0 Å². The number of nitrogens with zero attached hydrogens (tertiary/aromatic N) is 2. The summed E-state index contributed by atoms with van der Waals surface area (Å²) < 4.78 is 6.44. The van der Waals surface area contributed by atoms with Crippen LogP contribution in [0.5, 0.6) is 0 Å². The molecule has 0 spiro atoms. The zero-order chi connectivity index (χ0) is 30.9. The number of benzene rings is 8. The van der Waals surface area contributed by atoms with Gasteiger partial charge in [-0.25, -0.2) is 9.97 Å². The molecule has 10 rings (SSSR count). The molecule has 3 nitrogen and oxygen atoms in total. The lowest BCUT2D eigenvalue weighted by Crippen LogP contribution is -1.96. The van der Waals surface area contributed by atoms with Crippen molar-refractivity contribution in [3.05, 3.63) is 158 Å². The van der Waals surface area contributed by atoms with Crippen molar-refractivity contribution in [3.8, 4) is 44.8 Å². The molecule has 2 aromatic heterocycles. The largest absolute Gasteiger partial charge is 0.456 e.